The minimum absolute atomic E-state index is 0.263. The van der Waals surface area contributed by atoms with Crippen LogP contribution in [0, 0.1) is 0 Å². The Labute approximate surface area is 225 Å². The average Bonchev–Trinajstić information content (AvgIpc) is 3.31. The number of anilines is 1. The molecule has 1 fully saturated rings. The lowest BCUT2D eigenvalue weighted by Crippen LogP contribution is -2.40. The molecule has 2 aliphatic heterocycles. The summed E-state index contributed by atoms with van der Waals surface area (Å²) in [6, 6.07) is 11.0. The standard InChI is InChI=1S/C27H31N5O7/c1-36-24-7-5-21-25(30-24)18(8-9-28-21)3-2-11-31(12-10-29-26(33)34)16-20-17-32(27(35)39-20)19-4-6-22-23(15-19)38-14-13-37-22/h4-9,15,20,29H,2-3,10-14,16-17H2,1H3,(H,33,34)/t20-/m1/s1. The topological polar surface area (TPSA) is 136 Å². The molecule has 4 heterocycles. The molecular weight excluding hydrogens is 506 g/mol. The fourth-order valence-electron chi connectivity index (χ4n) is 4.80. The first-order chi connectivity index (χ1) is 19.0. The first kappa shape index (κ1) is 26.3. The Morgan fingerprint density at radius 1 is 1.18 bits per heavy atom. The summed E-state index contributed by atoms with van der Waals surface area (Å²) < 4.78 is 22.2. The third-order valence-corrected chi connectivity index (χ3v) is 6.65. The third-order valence-electron chi connectivity index (χ3n) is 6.65. The highest BCUT2D eigenvalue weighted by Crippen LogP contribution is 2.35. The molecule has 0 spiro atoms. The maximum Gasteiger partial charge on any atom is 0.414 e. The van der Waals surface area contributed by atoms with Crippen molar-refractivity contribution in [2.45, 2.75) is 18.9 Å². The van der Waals surface area contributed by atoms with E-state index in [1.165, 1.54) is 0 Å². The Kier molecular flexibility index (Phi) is 8.11. The number of cyclic esters (lactones) is 1. The van der Waals surface area contributed by atoms with E-state index in [2.05, 4.69) is 20.2 Å². The first-order valence-corrected chi connectivity index (χ1v) is 12.9. The molecule has 1 aromatic carbocycles. The average molecular weight is 538 g/mol. The molecule has 5 rings (SSSR count). The maximum atomic E-state index is 12.7. The van der Waals surface area contributed by atoms with Gasteiger partial charge in [0.15, 0.2) is 11.5 Å². The number of ether oxygens (including phenoxy) is 4. The van der Waals surface area contributed by atoms with Gasteiger partial charge in [-0.25, -0.2) is 14.6 Å². The van der Waals surface area contributed by atoms with Gasteiger partial charge in [0.2, 0.25) is 5.88 Å². The second-order valence-corrected chi connectivity index (χ2v) is 9.27. The van der Waals surface area contributed by atoms with Gasteiger partial charge >= 0.3 is 12.2 Å². The number of pyridine rings is 2. The van der Waals surface area contributed by atoms with Crippen LogP contribution in [0.2, 0.25) is 0 Å². The van der Waals surface area contributed by atoms with E-state index >= 15 is 0 Å². The van der Waals surface area contributed by atoms with Crippen molar-refractivity contribution < 1.29 is 33.6 Å². The molecule has 1 atom stereocenters. The van der Waals surface area contributed by atoms with E-state index in [4.69, 9.17) is 24.1 Å². The number of carbonyl (C=O) groups excluding carboxylic acids is 1. The van der Waals surface area contributed by atoms with Crippen LogP contribution < -0.4 is 24.4 Å². The molecule has 0 aliphatic carbocycles. The number of hydrogen-bond donors (Lipinski definition) is 2. The van der Waals surface area contributed by atoms with Crippen molar-refractivity contribution >= 4 is 28.9 Å². The normalized spacial score (nSPS) is 16.4. The molecule has 0 saturated carbocycles. The Morgan fingerprint density at radius 2 is 2.03 bits per heavy atom. The van der Waals surface area contributed by atoms with Crippen LogP contribution in [0.1, 0.15) is 12.0 Å². The van der Waals surface area contributed by atoms with Crippen LogP contribution in [0.4, 0.5) is 15.3 Å². The van der Waals surface area contributed by atoms with Crippen LogP contribution in [0.15, 0.2) is 42.6 Å². The number of hydrogen-bond acceptors (Lipinski definition) is 9. The summed E-state index contributed by atoms with van der Waals surface area (Å²) in [6.45, 7) is 3.22. The number of aryl methyl sites for hydroxylation is 1. The molecule has 12 nitrogen and oxygen atoms in total. The summed E-state index contributed by atoms with van der Waals surface area (Å²) in [4.78, 5) is 36.4. The number of fused-ring (bicyclic) bond motifs is 2. The minimum atomic E-state index is -1.07. The number of carbonyl (C=O) groups is 2. The number of rotatable bonds is 11. The summed E-state index contributed by atoms with van der Waals surface area (Å²) in [5, 5.41) is 11.4. The van der Waals surface area contributed by atoms with Crippen molar-refractivity contribution in [3.63, 3.8) is 0 Å². The van der Waals surface area contributed by atoms with E-state index in [-0.39, 0.29) is 12.6 Å². The number of benzene rings is 1. The fourth-order valence-corrected chi connectivity index (χ4v) is 4.80. The zero-order valence-electron chi connectivity index (χ0n) is 21.7. The monoisotopic (exact) mass is 537 g/mol. The number of aromatic nitrogens is 2. The molecule has 2 aliphatic rings. The number of amides is 2. The Balaban J connectivity index is 1.22. The van der Waals surface area contributed by atoms with Crippen molar-refractivity contribution in [1.29, 1.82) is 0 Å². The highest BCUT2D eigenvalue weighted by molar-refractivity contribution is 5.90. The predicted octanol–water partition coefficient (Wildman–Crippen LogP) is 2.94. The third kappa shape index (κ3) is 6.40. The number of nitrogens with one attached hydrogen (secondary N) is 1. The number of nitrogens with zero attached hydrogens (tertiary/aromatic N) is 4. The van der Waals surface area contributed by atoms with E-state index in [0.29, 0.717) is 62.5 Å². The van der Waals surface area contributed by atoms with Crippen LogP contribution in [-0.4, -0.2) is 91.3 Å². The smallest absolute Gasteiger partial charge is 0.414 e. The molecule has 1 saturated heterocycles. The zero-order valence-corrected chi connectivity index (χ0v) is 21.7. The molecule has 2 aromatic heterocycles. The lowest BCUT2D eigenvalue weighted by Gasteiger charge is -2.24. The second kappa shape index (κ2) is 12.0. The molecule has 3 aromatic rings. The van der Waals surface area contributed by atoms with Crippen LogP contribution >= 0.6 is 0 Å². The zero-order chi connectivity index (χ0) is 27.2. The Hall–Kier alpha value is -4.32. The summed E-state index contributed by atoms with van der Waals surface area (Å²) in [6.07, 6.45) is 1.43. The van der Waals surface area contributed by atoms with Gasteiger partial charge < -0.3 is 29.4 Å². The summed E-state index contributed by atoms with van der Waals surface area (Å²) >= 11 is 0. The largest absolute Gasteiger partial charge is 0.486 e. The number of carboxylic acid groups (broad SMARTS) is 1. The van der Waals surface area contributed by atoms with Gasteiger partial charge in [0.25, 0.3) is 0 Å². The van der Waals surface area contributed by atoms with Gasteiger partial charge in [-0.3, -0.25) is 14.8 Å². The van der Waals surface area contributed by atoms with E-state index in [9.17, 15) is 9.59 Å². The number of methoxy groups -OCH3 is 1. The van der Waals surface area contributed by atoms with Crippen LogP contribution in [0.5, 0.6) is 17.4 Å². The van der Waals surface area contributed by atoms with E-state index in [1.807, 2.05) is 18.2 Å². The van der Waals surface area contributed by atoms with Gasteiger partial charge in [-0.2, -0.15) is 0 Å². The van der Waals surface area contributed by atoms with Gasteiger partial charge in [0.1, 0.15) is 19.3 Å². The molecular formula is C27H31N5O7. The molecule has 39 heavy (non-hydrogen) atoms. The van der Waals surface area contributed by atoms with E-state index in [1.54, 1.807) is 36.4 Å². The molecule has 2 amide bonds. The molecule has 0 unspecified atom stereocenters. The lowest BCUT2D eigenvalue weighted by atomic mass is 10.1. The highest BCUT2D eigenvalue weighted by atomic mass is 16.6. The molecule has 0 bridgehead atoms. The molecule has 0 radical (unpaired) electrons. The van der Waals surface area contributed by atoms with Crippen molar-refractivity contribution in [3.05, 3.63) is 48.2 Å². The quantitative estimate of drug-likeness (QED) is 0.376. The van der Waals surface area contributed by atoms with Gasteiger partial charge in [-0.1, -0.05) is 0 Å². The van der Waals surface area contributed by atoms with Gasteiger partial charge in [0.05, 0.1) is 30.4 Å². The van der Waals surface area contributed by atoms with Gasteiger partial charge in [-0.15, -0.1) is 0 Å². The molecule has 12 heteroatoms. The van der Waals surface area contributed by atoms with Crippen molar-refractivity contribution in [2.75, 3.05) is 57.9 Å². The fraction of sp³-hybridized carbons (Fsp3) is 0.407. The minimum Gasteiger partial charge on any atom is -0.486 e. The van der Waals surface area contributed by atoms with Crippen LogP contribution in [0.3, 0.4) is 0 Å². The Bertz CT molecular complexity index is 1340. The molecule has 206 valence electrons. The van der Waals surface area contributed by atoms with Gasteiger partial charge in [0, 0.05) is 38.0 Å². The summed E-state index contributed by atoms with van der Waals surface area (Å²) in [5.41, 5.74) is 3.33. The van der Waals surface area contributed by atoms with E-state index < -0.39 is 12.2 Å². The Morgan fingerprint density at radius 3 is 2.85 bits per heavy atom. The first-order valence-electron chi connectivity index (χ1n) is 12.9. The predicted molar refractivity (Wildman–Crippen MR) is 142 cm³/mol. The van der Waals surface area contributed by atoms with Crippen molar-refractivity contribution in [1.82, 2.24) is 20.2 Å². The van der Waals surface area contributed by atoms with Crippen molar-refractivity contribution in [3.8, 4) is 17.4 Å². The highest BCUT2D eigenvalue weighted by Gasteiger charge is 2.34. The molecule has 2 N–H and O–H groups in total. The maximum absolute atomic E-state index is 12.7. The second-order valence-electron chi connectivity index (χ2n) is 9.27. The van der Waals surface area contributed by atoms with Gasteiger partial charge in [-0.05, 0) is 49.2 Å². The SMILES string of the molecule is COc1ccc2nccc(CCCN(CCNC(=O)O)C[C@@H]3CN(c4ccc5c(c4)OCCO5)C(=O)O3)c2n1. The lowest BCUT2D eigenvalue weighted by molar-refractivity contribution is 0.108. The van der Waals surface area contributed by atoms with Crippen molar-refractivity contribution in [2.24, 2.45) is 0 Å². The van der Waals surface area contributed by atoms with E-state index in [0.717, 1.165) is 29.4 Å². The van der Waals surface area contributed by atoms with Crippen LogP contribution in [-0.2, 0) is 11.2 Å². The van der Waals surface area contributed by atoms with Crippen LogP contribution in [0.25, 0.3) is 11.0 Å². The summed E-state index contributed by atoms with van der Waals surface area (Å²) in [7, 11) is 1.58. The summed E-state index contributed by atoms with van der Waals surface area (Å²) in [5.74, 6) is 1.79.